The van der Waals surface area contributed by atoms with Gasteiger partial charge in [-0.1, -0.05) is 42.0 Å². The molecule has 0 heterocycles. The van der Waals surface area contributed by atoms with Gasteiger partial charge in [0.25, 0.3) is 5.91 Å². The zero-order valence-electron chi connectivity index (χ0n) is 12.5. The van der Waals surface area contributed by atoms with Crippen LogP contribution in [0.15, 0.2) is 36.4 Å². The third-order valence-corrected chi connectivity index (χ3v) is 4.04. The summed E-state index contributed by atoms with van der Waals surface area (Å²) in [7, 11) is 0. The van der Waals surface area contributed by atoms with E-state index in [1.807, 2.05) is 24.3 Å². The predicted molar refractivity (Wildman–Crippen MR) is 85.3 cm³/mol. The molecule has 0 aliphatic heterocycles. The average molecular weight is 322 g/mol. The first-order valence-corrected chi connectivity index (χ1v) is 7.82. The van der Waals surface area contributed by atoms with Gasteiger partial charge in [-0.2, -0.15) is 0 Å². The Kier molecular flexibility index (Phi) is 6.01. The van der Waals surface area contributed by atoms with Crippen LogP contribution in [-0.2, 0) is 20.9 Å². The van der Waals surface area contributed by atoms with Gasteiger partial charge in [-0.25, -0.2) is 0 Å². The molecule has 1 aliphatic rings. The van der Waals surface area contributed by atoms with Crippen molar-refractivity contribution < 1.29 is 14.3 Å². The maximum absolute atomic E-state index is 12.0. The van der Waals surface area contributed by atoms with Crippen molar-refractivity contribution >= 4 is 23.5 Å². The van der Waals surface area contributed by atoms with E-state index in [9.17, 15) is 9.59 Å². The molecule has 1 aromatic rings. The molecule has 1 N–H and O–H groups in total. The number of carbonyl (C=O) groups is 2. The quantitative estimate of drug-likeness (QED) is 0.669. The van der Waals surface area contributed by atoms with Crippen LogP contribution in [0.4, 0.5) is 0 Å². The maximum atomic E-state index is 12.0. The SMILES string of the molecule is C[C@@H](OC(=O)[C@H]1CC=CCC1)C(=O)NCc1ccccc1Cl. The fourth-order valence-electron chi connectivity index (χ4n) is 2.30. The topological polar surface area (TPSA) is 55.4 Å². The number of rotatable bonds is 5. The van der Waals surface area contributed by atoms with E-state index in [-0.39, 0.29) is 17.8 Å². The van der Waals surface area contributed by atoms with Gasteiger partial charge in [-0.3, -0.25) is 9.59 Å². The number of nitrogens with one attached hydrogen (secondary N) is 1. The lowest BCUT2D eigenvalue weighted by Crippen LogP contribution is -2.37. The lowest BCUT2D eigenvalue weighted by atomic mass is 9.95. The number of hydrogen-bond acceptors (Lipinski definition) is 3. The van der Waals surface area contributed by atoms with Crippen molar-refractivity contribution in [3.05, 3.63) is 47.0 Å². The van der Waals surface area contributed by atoms with Gasteiger partial charge >= 0.3 is 5.97 Å². The number of hydrogen-bond donors (Lipinski definition) is 1. The van der Waals surface area contributed by atoms with Gasteiger partial charge in [0.2, 0.25) is 0 Å². The minimum Gasteiger partial charge on any atom is -0.452 e. The minimum atomic E-state index is -0.805. The van der Waals surface area contributed by atoms with Crippen molar-refractivity contribution in [2.24, 2.45) is 5.92 Å². The molecule has 0 aromatic heterocycles. The van der Waals surface area contributed by atoms with Crippen LogP contribution in [0.25, 0.3) is 0 Å². The summed E-state index contributed by atoms with van der Waals surface area (Å²) < 4.78 is 5.25. The van der Waals surface area contributed by atoms with Crippen LogP contribution in [0.1, 0.15) is 31.7 Å². The second-order valence-electron chi connectivity index (χ2n) is 5.37. The second-order valence-corrected chi connectivity index (χ2v) is 5.78. The van der Waals surface area contributed by atoms with Gasteiger partial charge in [0, 0.05) is 11.6 Å². The first-order chi connectivity index (χ1) is 10.6. The number of allylic oxidation sites excluding steroid dienone is 2. The van der Waals surface area contributed by atoms with E-state index < -0.39 is 6.10 Å². The van der Waals surface area contributed by atoms with E-state index in [0.29, 0.717) is 18.0 Å². The van der Waals surface area contributed by atoms with Gasteiger partial charge in [0.05, 0.1) is 5.92 Å². The van der Waals surface area contributed by atoms with Gasteiger partial charge in [0.1, 0.15) is 0 Å². The van der Waals surface area contributed by atoms with Gasteiger partial charge in [0.15, 0.2) is 6.10 Å². The van der Waals surface area contributed by atoms with Crippen LogP contribution >= 0.6 is 11.6 Å². The third kappa shape index (κ3) is 4.60. The third-order valence-electron chi connectivity index (χ3n) is 3.68. The van der Waals surface area contributed by atoms with E-state index in [0.717, 1.165) is 18.4 Å². The number of carbonyl (C=O) groups excluding carboxylic acids is 2. The van der Waals surface area contributed by atoms with Crippen molar-refractivity contribution in [2.45, 2.75) is 38.8 Å². The summed E-state index contributed by atoms with van der Waals surface area (Å²) in [6, 6.07) is 7.29. The Hall–Kier alpha value is -1.81. The Bertz CT molecular complexity index is 571. The first-order valence-electron chi connectivity index (χ1n) is 7.44. The van der Waals surface area contributed by atoms with Gasteiger partial charge in [-0.15, -0.1) is 0 Å². The number of esters is 1. The first kappa shape index (κ1) is 16.6. The molecule has 0 unspecified atom stereocenters. The predicted octanol–water partition coefficient (Wildman–Crippen LogP) is 3.24. The smallest absolute Gasteiger partial charge is 0.310 e. The van der Waals surface area contributed by atoms with Crippen molar-refractivity contribution in [2.75, 3.05) is 0 Å². The van der Waals surface area contributed by atoms with Crippen LogP contribution in [0.5, 0.6) is 0 Å². The van der Waals surface area contributed by atoms with E-state index in [2.05, 4.69) is 11.4 Å². The number of halogens is 1. The molecule has 2 rings (SSSR count). The van der Waals surface area contributed by atoms with Crippen molar-refractivity contribution in [3.63, 3.8) is 0 Å². The van der Waals surface area contributed by atoms with Crippen molar-refractivity contribution in [1.29, 1.82) is 0 Å². The van der Waals surface area contributed by atoms with Crippen LogP contribution in [0.3, 0.4) is 0 Å². The molecule has 0 saturated carbocycles. The second kappa shape index (κ2) is 7.99. The highest BCUT2D eigenvalue weighted by Crippen LogP contribution is 2.20. The average Bonchev–Trinajstić information content (AvgIpc) is 2.54. The largest absolute Gasteiger partial charge is 0.452 e. The number of amides is 1. The molecule has 1 aromatic carbocycles. The summed E-state index contributed by atoms with van der Waals surface area (Å²) in [5, 5.41) is 3.33. The summed E-state index contributed by atoms with van der Waals surface area (Å²) in [4.78, 5) is 24.0. The lowest BCUT2D eigenvalue weighted by molar-refractivity contribution is -0.159. The Balaban J connectivity index is 1.80. The lowest BCUT2D eigenvalue weighted by Gasteiger charge is -2.19. The summed E-state index contributed by atoms with van der Waals surface area (Å²) in [6.45, 7) is 1.89. The Labute approximate surface area is 135 Å². The fraction of sp³-hybridized carbons (Fsp3) is 0.412. The molecule has 4 nitrogen and oxygen atoms in total. The minimum absolute atomic E-state index is 0.135. The highest BCUT2D eigenvalue weighted by molar-refractivity contribution is 6.31. The molecule has 2 atom stereocenters. The zero-order valence-corrected chi connectivity index (χ0v) is 13.3. The monoisotopic (exact) mass is 321 g/mol. The Morgan fingerprint density at radius 1 is 1.36 bits per heavy atom. The number of benzene rings is 1. The van der Waals surface area contributed by atoms with Crippen LogP contribution in [0, 0.1) is 5.92 Å². The molecular weight excluding hydrogens is 302 g/mol. The molecule has 118 valence electrons. The molecule has 22 heavy (non-hydrogen) atoms. The molecule has 5 heteroatoms. The standard InChI is InChI=1S/C17H20ClNO3/c1-12(22-17(21)13-7-3-2-4-8-13)16(20)19-11-14-9-5-6-10-15(14)18/h2-3,5-6,9-10,12-13H,4,7-8,11H2,1H3,(H,19,20)/t12-,13+/m1/s1. The van der Waals surface area contributed by atoms with E-state index in [1.165, 1.54) is 0 Å². The van der Waals surface area contributed by atoms with E-state index in [1.54, 1.807) is 13.0 Å². The Morgan fingerprint density at radius 2 is 2.14 bits per heavy atom. The summed E-state index contributed by atoms with van der Waals surface area (Å²) in [6.07, 6.45) is 5.59. The molecule has 1 amide bonds. The molecule has 0 radical (unpaired) electrons. The van der Waals surface area contributed by atoms with Crippen molar-refractivity contribution in [1.82, 2.24) is 5.32 Å². The van der Waals surface area contributed by atoms with E-state index >= 15 is 0 Å². The molecule has 0 spiro atoms. The maximum Gasteiger partial charge on any atom is 0.310 e. The van der Waals surface area contributed by atoms with Gasteiger partial charge in [-0.05, 0) is 37.8 Å². The number of ether oxygens (including phenoxy) is 1. The normalized spacial score (nSPS) is 18.5. The molecular formula is C17H20ClNO3. The van der Waals surface area contributed by atoms with Gasteiger partial charge < -0.3 is 10.1 Å². The fourth-order valence-corrected chi connectivity index (χ4v) is 2.50. The zero-order chi connectivity index (χ0) is 15.9. The van der Waals surface area contributed by atoms with E-state index in [4.69, 9.17) is 16.3 Å². The molecule has 0 fully saturated rings. The van der Waals surface area contributed by atoms with Crippen molar-refractivity contribution in [3.8, 4) is 0 Å². The molecule has 0 bridgehead atoms. The summed E-state index contributed by atoms with van der Waals surface area (Å²) in [5.74, 6) is -0.756. The molecule has 1 aliphatic carbocycles. The highest BCUT2D eigenvalue weighted by atomic mass is 35.5. The Morgan fingerprint density at radius 3 is 2.82 bits per heavy atom. The molecule has 0 saturated heterocycles. The summed E-state index contributed by atoms with van der Waals surface area (Å²) in [5.41, 5.74) is 0.827. The summed E-state index contributed by atoms with van der Waals surface area (Å²) >= 11 is 6.03. The van der Waals surface area contributed by atoms with Crippen LogP contribution < -0.4 is 5.32 Å². The van der Waals surface area contributed by atoms with Crippen LogP contribution in [-0.4, -0.2) is 18.0 Å². The highest BCUT2D eigenvalue weighted by Gasteiger charge is 2.24. The van der Waals surface area contributed by atoms with Crippen LogP contribution in [0.2, 0.25) is 5.02 Å².